The fourth-order valence-electron chi connectivity index (χ4n) is 2.77. The molecule has 0 aliphatic rings. The molecule has 1 aromatic carbocycles. The number of hydrogen-bond donors (Lipinski definition) is 1. The maximum absolute atomic E-state index is 12.4. The molecule has 7 heteroatoms. The predicted molar refractivity (Wildman–Crippen MR) is 95.2 cm³/mol. The summed E-state index contributed by atoms with van der Waals surface area (Å²) in [5.41, 5.74) is 2.91. The Hall–Kier alpha value is -2.93. The number of nitrogens with one attached hydrogen (secondary N) is 1. The van der Waals surface area contributed by atoms with Gasteiger partial charge in [0.2, 0.25) is 0 Å². The van der Waals surface area contributed by atoms with Crippen LogP contribution in [0.4, 0.5) is 5.82 Å². The Morgan fingerprint density at radius 1 is 1.17 bits per heavy atom. The lowest BCUT2D eigenvalue weighted by atomic mass is 10.0. The number of carbonyl (C=O) groups is 1. The molecule has 0 radical (unpaired) electrons. The maximum Gasteiger partial charge on any atom is 0.266 e. The highest BCUT2D eigenvalue weighted by Gasteiger charge is 2.17. The number of amides is 1. The van der Waals surface area contributed by atoms with Gasteiger partial charge in [-0.25, -0.2) is 0 Å². The number of nitrogens with zero attached hydrogens (tertiary/aromatic N) is 4. The molecule has 4 rings (SSSR count). The molecule has 120 valence electrons. The van der Waals surface area contributed by atoms with Crippen LogP contribution in [0.15, 0.2) is 48.1 Å². The van der Waals surface area contributed by atoms with Crippen molar-refractivity contribution in [3.05, 3.63) is 53.0 Å². The van der Waals surface area contributed by atoms with E-state index in [1.54, 1.807) is 10.7 Å². The normalized spacial score (nSPS) is 11.1. The van der Waals surface area contributed by atoms with E-state index < -0.39 is 0 Å². The van der Waals surface area contributed by atoms with Crippen LogP contribution in [-0.2, 0) is 14.1 Å². The van der Waals surface area contributed by atoms with Crippen LogP contribution in [0.25, 0.3) is 22.0 Å². The molecule has 0 aliphatic carbocycles. The zero-order valence-electron chi connectivity index (χ0n) is 13.2. The smallest absolute Gasteiger partial charge is 0.266 e. The standard InChI is InChI=1S/C17H15N5OS/c1-21-10-13(11-5-3-6-14-12(11)9-18-22(14)2)16(20-21)19-17(23)15-7-4-8-24-15/h3-10H,1-2H3,(H,19,20,23). The summed E-state index contributed by atoms with van der Waals surface area (Å²) < 4.78 is 3.54. The third-order valence-corrected chi connectivity index (χ3v) is 4.76. The van der Waals surface area contributed by atoms with E-state index in [1.807, 2.05) is 60.8 Å². The number of rotatable bonds is 3. The van der Waals surface area contributed by atoms with Gasteiger partial charge in [0.05, 0.1) is 16.6 Å². The van der Waals surface area contributed by atoms with E-state index in [2.05, 4.69) is 15.5 Å². The molecular weight excluding hydrogens is 322 g/mol. The minimum Gasteiger partial charge on any atom is -0.304 e. The van der Waals surface area contributed by atoms with E-state index in [0.717, 1.165) is 22.0 Å². The van der Waals surface area contributed by atoms with Crippen molar-refractivity contribution >= 4 is 34.0 Å². The van der Waals surface area contributed by atoms with Gasteiger partial charge >= 0.3 is 0 Å². The van der Waals surface area contributed by atoms with Crippen LogP contribution < -0.4 is 5.32 Å². The highest BCUT2D eigenvalue weighted by molar-refractivity contribution is 7.12. The lowest BCUT2D eigenvalue weighted by Crippen LogP contribution is -2.11. The summed E-state index contributed by atoms with van der Waals surface area (Å²) in [6.07, 6.45) is 3.74. The van der Waals surface area contributed by atoms with E-state index in [0.29, 0.717) is 10.7 Å². The Morgan fingerprint density at radius 3 is 2.83 bits per heavy atom. The van der Waals surface area contributed by atoms with Crippen molar-refractivity contribution in [1.29, 1.82) is 0 Å². The van der Waals surface area contributed by atoms with Crippen molar-refractivity contribution in [1.82, 2.24) is 19.6 Å². The van der Waals surface area contributed by atoms with E-state index >= 15 is 0 Å². The zero-order valence-corrected chi connectivity index (χ0v) is 14.0. The van der Waals surface area contributed by atoms with E-state index in [-0.39, 0.29) is 5.91 Å². The van der Waals surface area contributed by atoms with Gasteiger partial charge in [-0.15, -0.1) is 11.3 Å². The number of thiophene rings is 1. The van der Waals surface area contributed by atoms with Crippen molar-refractivity contribution in [2.24, 2.45) is 14.1 Å². The monoisotopic (exact) mass is 337 g/mol. The second-order valence-corrected chi connectivity index (χ2v) is 6.45. The van der Waals surface area contributed by atoms with Crippen LogP contribution in [0.5, 0.6) is 0 Å². The first-order valence-electron chi connectivity index (χ1n) is 7.43. The molecule has 0 saturated carbocycles. The lowest BCUT2D eigenvalue weighted by molar-refractivity contribution is 0.103. The molecule has 1 N–H and O–H groups in total. The average molecular weight is 337 g/mol. The van der Waals surface area contributed by atoms with Crippen LogP contribution in [0.2, 0.25) is 0 Å². The van der Waals surface area contributed by atoms with Gasteiger partial charge in [0, 0.05) is 31.2 Å². The topological polar surface area (TPSA) is 64.7 Å². The van der Waals surface area contributed by atoms with Gasteiger partial charge in [0.15, 0.2) is 5.82 Å². The molecule has 0 aliphatic heterocycles. The Bertz CT molecular complexity index is 1030. The second kappa shape index (κ2) is 5.61. The maximum atomic E-state index is 12.4. The summed E-state index contributed by atoms with van der Waals surface area (Å²) in [6, 6.07) is 9.67. The third-order valence-electron chi connectivity index (χ3n) is 3.89. The highest BCUT2D eigenvalue weighted by Crippen LogP contribution is 2.33. The van der Waals surface area contributed by atoms with Gasteiger partial charge < -0.3 is 5.32 Å². The molecule has 24 heavy (non-hydrogen) atoms. The fraction of sp³-hybridized carbons (Fsp3) is 0.118. The summed E-state index contributed by atoms with van der Waals surface area (Å²) in [4.78, 5) is 13.0. The molecule has 0 bridgehead atoms. The molecule has 0 fully saturated rings. The summed E-state index contributed by atoms with van der Waals surface area (Å²) in [5.74, 6) is 0.399. The quantitative estimate of drug-likeness (QED) is 0.624. The molecule has 3 aromatic heterocycles. The van der Waals surface area contributed by atoms with Gasteiger partial charge in [-0.3, -0.25) is 14.2 Å². The lowest BCUT2D eigenvalue weighted by Gasteiger charge is -2.05. The highest BCUT2D eigenvalue weighted by atomic mass is 32.1. The first-order valence-corrected chi connectivity index (χ1v) is 8.31. The van der Waals surface area contributed by atoms with E-state index in [9.17, 15) is 4.79 Å². The zero-order chi connectivity index (χ0) is 16.7. The number of aromatic nitrogens is 4. The average Bonchev–Trinajstić information content (AvgIpc) is 3.28. The molecule has 1 amide bonds. The molecule has 4 aromatic rings. The van der Waals surface area contributed by atoms with Gasteiger partial charge in [0.1, 0.15) is 0 Å². The number of hydrogen-bond acceptors (Lipinski definition) is 4. The number of benzene rings is 1. The largest absolute Gasteiger partial charge is 0.304 e. The Morgan fingerprint density at radius 2 is 2.04 bits per heavy atom. The molecule has 0 atom stereocenters. The first kappa shape index (κ1) is 14.6. The molecule has 0 spiro atoms. The minimum absolute atomic E-state index is 0.150. The van der Waals surface area contributed by atoms with Crippen LogP contribution in [0, 0.1) is 0 Å². The van der Waals surface area contributed by atoms with Crippen molar-refractivity contribution in [3.63, 3.8) is 0 Å². The summed E-state index contributed by atoms with van der Waals surface area (Å²) in [6.45, 7) is 0. The van der Waals surface area contributed by atoms with Crippen LogP contribution in [0.1, 0.15) is 9.67 Å². The Balaban J connectivity index is 1.80. The molecule has 0 unspecified atom stereocenters. The molecule has 6 nitrogen and oxygen atoms in total. The first-order chi connectivity index (χ1) is 11.6. The van der Waals surface area contributed by atoms with Gasteiger partial charge in [-0.1, -0.05) is 18.2 Å². The van der Waals surface area contributed by atoms with Crippen molar-refractivity contribution < 1.29 is 4.79 Å². The molecule has 3 heterocycles. The number of anilines is 1. The van der Waals surface area contributed by atoms with E-state index in [4.69, 9.17) is 0 Å². The van der Waals surface area contributed by atoms with Crippen LogP contribution >= 0.6 is 11.3 Å². The summed E-state index contributed by atoms with van der Waals surface area (Å²) in [7, 11) is 3.75. The Kier molecular flexibility index (Phi) is 3.42. The molecule has 0 saturated heterocycles. The van der Waals surface area contributed by atoms with Gasteiger partial charge in [-0.05, 0) is 23.1 Å². The van der Waals surface area contributed by atoms with Gasteiger partial charge in [-0.2, -0.15) is 10.2 Å². The number of fused-ring (bicyclic) bond motifs is 1. The van der Waals surface area contributed by atoms with Gasteiger partial charge in [0.25, 0.3) is 5.91 Å². The van der Waals surface area contributed by atoms with Crippen molar-refractivity contribution in [2.75, 3.05) is 5.32 Å². The fourth-order valence-corrected chi connectivity index (χ4v) is 3.39. The van der Waals surface area contributed by atoms with Crippen LogP contribution in [0.3, 0.4) is 0 Å². The predicted octanol–water partition coefficient (Wildman–Crippen LogP) is 3.29. The second-order valence-electron chi connectivity index (χ2n) is 5.50. The summed E-state index contributed by atoms with van der Waals surface area (Å²) in [5, 5.41) is 14.6. The number of carbonyl (C=O) groups excluding carboxylic acids is 1. The third kappa shape index (κ3) is 2.39. The Labute approximate surface area is 142 Å². The number of aryl methyl sites for hydroxylation is 2. The van der Waals surface area contributed by atoms with E-state index in [1.165, 1.54) is 11.3 Å². The van der Waals surface area contributed by atoms with Crippen molar-refractivity contribution in [2.45, 2.75) is 0 Å². The SMILES string of the molecule is Cn1cc(-c2cccc3c2cnn3C)c(NC(=O)c2cccs2)n1. The van der Waals surface area contributed by atoms with Crippen LogP contribution in [-0.4, -0.2) is 25.5 Å². The van der Waals surface area contributed by atoms with Crippen molar-refractivity contribution in [3.8, 4) is 11.1 Å². The summed E-state index contributed by atoms with van der Waals surface area (Å²) >= 11 is 1.40. The molecular formula is C17H15N5OS. The minimum atomic E-state index is -0.150.